The first-order chi connectivity index (χ1) is 13.1. The molecule has 3 rings (SSSR count). The first-order valence-electron chi connectivity index (χ1n) is 8.41. The number of aliphatic hydroxyl groups excluding tert-OH is 1. The van der Waals surface area contributed by atoms with Crippen molar-refractivity contribution in [2.75, 3.05) is 26.7 Å². The number of nitrogens with one attached hydrogen (secondary N) is 1. The van der Waals surface area contributed by atoms with E-state index in [0.29, 0.717) is 24.0 Å². The summed E-state index contributed by atoms with van der Waals surface area (Å²) in [4.78, 5) is 9.30. The van der Waals surface area contributed by atoms with Crippen LogP contribution >= 0.6 is 11.6 Å². The van der Waals surface area contributed by atoms with Crippen LogP contribution in [0.3, 0.4) is 0 Å². The fourth-order valence-corrected chi connectivity index (χ4v) is 2.72. The van der Waals surface area contributed by atoms with Gasteiger partial charge in [0.1, 0.15) is 29.8 Å². The second-order valence-corrected chi connectivity index (χ2v) is 6.51. The number of H-pyrrole nitrogens is 1. The Balaban J connectivity index is 1.61. The molecular formula is C20H19ClN4O2. The molecule has 0 amide bonds. The quantitative estimate of drug-likeness (QED) is 0.476. The highest BCUT2D eigenvalue weighted by atomic mass is 35.5. The number of benzene rings is 2. The molecule has 0 atom stereocenters. The van der Waals surface area contributed by atoms with Gasteiger partial charge < -0.3 is 14.8 Å². The number of aromatic nitrogens is 2. The summed E-state index contributed by atoms with van der Waals surface area (Å²) in [6, 6.07) is 16.6. The fourth-order valence-electron chi connectivity index (χ4n) is 2.59. The van der Waals surface area contributed by atoms with Crippen LogP contribution in [0.5, 0.6) is 5.75 Å². The van der Waals surface area contributed by atoms with E-state index in [1.807, 2.05) is 42.3 Å². The van der Waals surface area contributed by atoms with Gasteiger partial charge in [0, 0.05) is 11.6 Å². The molecule has 27 heavy (non-hydrogen) atoms. The van der Waals surface area contributed by atoms with Crippen molar-refractivity contribution in [3.8, 4) is 11.8 Å². The number of ether oxygens (including phenoxy) is 1. The summed E-state index contributed by atoms with van der Waals surface area (Å²) in [5, 5.41) is 20.5. The maximum Gasteiger partial charge on any atom is 0.152 e. The average molecular weight is 383 g/mol. The topological polar surface area (TPSA) is 85.2 Å². The number of imidazole rings is 1. The zero-order valence-electron chi connectivity index (χ0n) is 14.8. The van der Waals surface area contributed by atoms with E-state index in [-0.39, 0.29) is 17.9 Å². The van der Waals surface area contributed by atoms with Gasteiger partial charge in [-0.3, -0.25) is 4.90 Å². The molecule has 3 aromatic rings. The Morgan fingerprint density at radius 1 is 1.26 bits per heavy atom. The largest absolute Gasteiger partial charge is 0.509 e. The zero-order valence-corrected chi connectivity index (χ0v) is 15.6. The summed E-state index contributed by atoms with van der Waals surface area (Å²) >= 11 is 5.84. The molecule has 2 N–H and O–H groups in total. The highest BCUT2D eigenvalue weighted by Crippen LogP contribution is 2.19. The van der Waals surface area contributed by atoms with Crippen molar-refractivity contribution in [1.29, 1.82) is 5.26 Å². The Labute approximate surface area is 162 Å². The number of rotatable bonds is 7. The van der Waals surface area contributed by atoms with E-state index in [0.717, 1.165) is 16.8 Å². The number of aliphatic hydroxyl groups is 1. The van der Waals surface area contributed by atoms with Gasteiger partial charge in [-0.05, 0) is 43.4 Å². The predicted molar refractivity (Wildman–Crippen MR) is 106 cm³/mol. The van der Waals surface area contributed by atoms with Gasteiger partial charge in [0.25, 0.3) is 0 Å². The summed E-state index contributed by atoms with van der Waals surface area (Å²) in [7, 11) is 1.84. The molecule has 7 heteroatoms. The summed E-state index contributed by atoms with van der Waals surface area (Å²) < 4.78 is 5.64. The van der Waals surface area contributed by atoms with Crippen LogP contribution in [0.4, 0.5) is 0 Å². The number of hydrogen-bond donors (Lipinski definition) is 2. The van der Waals surface area contributed by atoms with Gasteiger partial charge in [-0.1, -0.05) is 23.7 Å². The Kier molecular flexibility index (Phi) is 5.97. The molecule has 0 fully saturated rings. The first-order valence-corrected chi connectivity index (χ1v) is 8.79. The normalized spacial score (nSPS) is 12.1. The van der Waals surface area contributed by atoms with Gasteiger partial charge in [-0.25, -0.2) is 4.98 Å². The highest BCUT2D eigenvalue weighted by Gasteiger charge is 2.14. The molecule has 0 aliphatic rings. The minimum absolute atomic E-state index is 0.0365. The molecule has 0 unspecified atom stereocenters. The fraction of sp³-hybridized carbons (Fsp3) is 0.200. The minimum atomic E-state index is -0.0365. The second kappa shape index (κ2) is 8.58. The molecule has 1 heterocycles. The Hall–Kier alpha value is -3.01. The van der Waals surface area contributed by atoms with Gasteiger partial charge in [0.2, 0.25) is 0 Å². The lowest BCUT2D eigenvalue weighted by atomic mass is 10.2. The van der Waals surface area contributed by atoms with Crippen LogP contribution in [0.15, 0.2) is 54.3 Å². The number of hydrogen-bond acceptors (Lipinski definition) is 5. The monoisotopic (exact) mass is 382 g/mol. The molecule has 0 radical (unpaired) electrons. The third-order valence-corrected chi connectivity index (χ3v) is 4.25. The van der Waals surface area contributed by atoms with Crippen molar-refractivity contribution in [2.24, 2.45) is 0 Å². The molecule has 0 aliphatic carbocycles. The Morgan fingerprint density at radius 3 is 2.70 bits per heavy atom. The third-order valence-electron chi connectivity index (χ3n) is 4.00. The number of likely N-dealkylation sites (N-methyl/N-ethyl adjacent to an activating group) is 1. The standard InChI is InChI=1S/C20H19ClN4O2/c1-25(10-11-27-15-8-6-14(21)7-9-15)13-19(26)16(12-22)20-23-17-4-2-3-5-18(17)24-20/h2-9,26H,10-11,13H2,1H3,(H,23,24)/b19-16-. The summed E-state index contributed by atoms with van der Waals surface area (Å²) in [5.41, 5.74) is 1.70. The van der Waals surface area contributed by atoms with Crippen LogP contribution in [0.25, 0.3) is 16.6 Å². The smallest absolute Gasteiger partial charge is 0.152 e. The molecular weight excluding hydrogens is 364 g/mol. The van der Waals surface area contributed by atoms with Gasteiger partial charge in [0.15, 0.2) is 5.82 Å². The van der Waals surface area contributed by atoms with Crippen LogP contribution in [0.1, 0.15) is 5.82 Å². The zero-order chi connectivity index (χ0) is 19.2. The van der Waals surface area contributed by atoms with Gasteiger partial charge >= 0.3 is 0 Å². The Morgan fingerprint density at radius 2 is 2.00 bits per heavy atom. The lowest BCUT2D eigenvalue weighted by molar-refractivity contribution is 0.228. The summed E-state index contributed by atoms with van der Waals surface area (Å²) in [5.74, 6) is 1.06. The first kappa shape index (κ1) is 18.8. The van der Waals surface area contributed by atoms with E-state index < -0.39 is 0 Å². The van der Waals surface area contributed by atoms with Crippen LogP contribution in [-0.4, -0.2) is 46.7 Å². The van der Waals surface area contributed by atoms with Crippen LogP contribution in [-0.2, 0) is 0 Å². The van der Waals surface area contributed by atoms with Crippen LogP contribution in [0, 0.1) is 11.3 Å². The molecule has 1 aromatic heterocycles. The SMILES string of the molecule is CN(CCOc1ccc(Cl)cc1)C/C(O)=C(\C#N)c1nc2ccccc2[nH]1. The number of nitrogens with zero attached hydrogens (tertiary/aromatic N) is 3. The van der Waals surface area contributed by atoms with E-state index in [2.05, 4.69) is 9.97 Å². The molecule has 0 saturated carbocycles. The van der Waals surface area contributed by atoms with E-state index in [4.69, 9.17) is 16.3 Å². The second-order valence-electron chi connectivity index (χ2n) is 6.08. The van der Waals surface area contributed by atoms with Crippen molar-refractivity contribution < 1.29 is 9.84 Å². The van der Waals surface area contributed by atoms with Crippen LogP contribution < -0.4 is 4.74 Å². The van der Waals surface area contributed by atoms with E-state index in [1.54, 1.807) is 24.3 Å². The molecule has 0 aliphatic heterocycles. The van der Waals surface area contributed by atoms with Crippen LogP contribution in [0.2, 0.25) is 5.02 Å². The van der Waals surface area contributed by atoms with Gasteiger partial charge in [-0.15, -0.1) is 0 Å². The van der Waals surface area contributed by atoms with Crippen molar-refractivity contribution in [2.45, 2.75) is 0 Å². The minimum Gasteiger partial charge on any atom is -0.509 e. The van der Waals surface area contributed by atoms with Crippen molar-refractivity contribution in [3.05, 3.63) is 65.1 Å². The van der Waals surface area contributed by atoms with E-state index >= 15 is 0 Å². The third kappa shape index (κ3) is 4.79. The number of halogens is 1. The number of fused-ring (bicyclic) bond motifs is 1. The molecule has 6 nitrogen and oxygen atoms in total. The lowest BCUT2D eigenvalue weighted by Gasteiger charge is -2.17. The maximum absolute atomic E-state index is 10.4. The van der Waals surface area contributed by atoms with E-state index in [9.17, 15) is 10.4 Å². The van der Waals surface area contributed by atoms with Gasteiger partial charge in [0.05, 0.1) is 17.6 Å². The number of aromatic amines is 1. The maximum atomic E-state index is 10.4. The number of allylic oxidation sites excluding steroid dienone is 1. The van der Waals surface area contributed by atoms with Gasteiger partial charge in [-0.2, -0.15) is 5.26 Å². The summed E-state index contributed by atoms with van der Waals surface area (Å²) in [6.45, 7) is 1.23. The molecule has 2 aromatic carbocycles. The number of para-hydroxylation sites is 2. The van der Waals surface area contributed by atoms with Crippen molar-refractivity contribution >= 4 is 28.2 Å². The lowest BCUT2D eigenvalue weighted by Crippen LogP contribution is -2.26. The summed E-state index contributed by atoms with van der Waals surface area (Å²) in [6.07, 6.45) is 0. The van der Waals surface area contributed by atoms with Crippen molar-refractivity contribution in [1.82, 2.24) is 14.9 Å². The highest BCUT2D eigenvalue weighted by molar-refractivity contribution is 6.30. The predicted octanol–water partition coefficient (Wildman–Crippen LogP) is 4.02. The number of nitriles is 1. The molecule has 0 saturated heterocycles. The van der Waals surface area contributed by atoms with Crippen molar-refractivity contribution in [3.63, 3.8) is 0 Å². The molecule has 0 spiro atoms. The van der Waals surface area contributed by atoms with E-state index in [1.165, 1.54) is 0 Å². The Bertz CT molecular complexity index is 956. The molecule has 138 valence electrons. The average Bonchev–Trinajstić information content (AvgIpc) is 3.07. The molecule has 0 bridgehead atoms.